The Morgan fingerprint density at radius 3 is 2.38 bits per heavy atom. The van der Waals surface area contributed by atoms with Crippen LogP contribution in [-0.4, -0.2) is 39.2 Å². The minimum absolute atomic E-state index is 0.188. The van der Waals surface area contributed by atoms with E-state index in [9.17, 15) is 9.59 Å². The third-order valence-corrected chi connectivity index (χ3v) is 4.58. The van der Waals surface area contributed by atoms with Crippen molar-refractivity contribution in [3.8, 4) is 23.0 Å². The SMILES string of the molecule is COC(=O)[C@H](C)Oc1ccc2c(c1C)OC(=Cc1ccc(OC)c(OC)c1)C2=O. The molecule has 1 atom stereocenters. The van der Waals surface area contributed by atoms with E-state index in [-0.39, 0.29) is 11.5 Å². The Morgan fingerprint density at radius 2 is 1.72 bits per heavy atom. The Morgan fingerprint density at radius 1 is 1.03 bits per heavy atom. The second-order valence-electron chi connectivity index (χ2n) is 6.40. The molecule has 1 aliphatic rings. The number of carbonyl (C=O) groups is 2. The summed E-state index contributed by atoms with van der Waals surface area (Å²) in [5, 5.41) is 0. The van der Waals surface area contributed by atoms with Gasteiger partial charge < -0.3 is 23.7 Å². The summed E-state index contributed by atoms with van der Waals surface area (Å²) in [6.45, 7) is 3.36. The Bertz CT molecular complexity index is 991. The number of allylic oxidation sites excluding steroid dienone is 1. The minimum atomic E-state index is -0.782. The summed E-state index contributed by atoms with van der Waals surface area (Å²) in [4.78, 5) is 24.4. The first-order valence-corrected chi connectivity index (χ1v) is 8.94. The third-order valence-electron chi connectivity index (χ3n) is 4.58. The van der Waals surface area contributed by atoms with Crippen molar-refractivity contribution >= 4 is 17.8 Å². The second-order valence-corrected chi connectivity index (χ2v) is 6.40. The minimum Gasteiger partial charge on any atom is -0.493 e. The highest BCUT2D eigenvalue weighted by atomic mass is 16.6. The normalized spacial score (nSPS) is 14.8. The van der Waals surface area contributed by atoms with Gasteiger partial charge >= 0.3 is 5.97 Å². The van der Waals surface area contributed by atoms with Gasteiger partial charge in [-0.2, -0.15) is 0 Å². The lowest BCUT2D eigenvalue weighted by molar-refractivity contribution is -0.147. The molecule has 29 heavy (non-hydrogen) atoms. The van der Waals surface area contributed by atoms with Crippen molar-refractivity contribution in [1.82, 2.24) is 0 Å². The molecule has 0 bridgehead atoms. The van der Waals surface area contributed by atoms with E-state index >= 15 is 0 Å². The summed E-state index contributed by atoms with van der Waals surface area (Å²) in [6, 6.07) is 8.58. The van der Waals surface area contributed by atoms with E-state index in [0.29, 0.717) is 34.1 Å². The van der Waals surface area contributed by atoms with E-state index < -0.39 is 12.1 Å². The number of hydrogen-bond donors (Lipinski definition) is 0. The van der Waals surface area contributed by atoms with Gasteiger partial charge in [-0.15, -0.1) is 0 Å². The summed E-state index contributed by atoms with van der Waals surface area (Å²) in [6.07, 6.45) is 0.858. The van der Waals surface area contributed by atoms with Crippen molar-refractivity contribution in [2.75, 3.05) is 21.3 Å². The fourth-order valence-corrected chi connectivity index (χ4v) is 2.99. The van der Waals surface area contributed by atoms with Crippen molar-refractivity contribution in [3.05, 3.63) is 52.8 Å². The van der Waals surface area contributed by atoms with Crippen molar-refractivity contribution < 1.29 is 33.3 Å². The highest BCUT2D eigenvalue weighted by Crippen LogP contribution is 2.40. The van der Waals surface area contributed by atoms with Crippen LogP contribution in [0.4, 0.5) is 0 Å². The molecule has 0 unspecified atom stereocenters. The summed E-state index contributed by atoms with van der Waals surface area (Å²) < 4.78 is 26.7. The van der Waals surface area contributed by atoms with Crippen molar-refractivity contribution in [3.63, 3.8) is 0 Å². The molecule has 152 valence electrons. The number of carbonyl (C=O) groups excluding carboxylic acids is 2. The van der Waals surface area contributed by atoms with Gasteiger partial charge in [-0.05, 0) is 49.8 Å². The summed E-state index contributed by atoms with van der Waals surface area (Å²) in [5.74, 6) is 1.47. The van der Waals surface area contributed by atoms with Gasteiger partial charge in [0.15, 0.2) is 23.4 Å². The largest absolute Gasteiger partial charge is 0.493 e. The van der Waals surface area contributed by atoms with Gasteiger partial charge in [0.1, 0.15) is 11.5 Å². The number of hydrogen-bond acceptors (Lipinski definition) is 7. The number of esters is 1. The summed E-state index contributed by atoms with van der Waals surface area (Å²) in [7, 11) is 4.40. The Hall–Kier alpha value is -3.48. The smallest absolute Gasteiger partial charge is 0.346 e. The van der Waals surface area contributed by atoms with Crippen LogP contribution in [0.3, 0.4) is 0 Å². The number of ether oxygens (including phenoxy) is 5. The predicted octanol–water partition coefficient (Wildman–Crippen LogP) is 3.57. The van der Waals surface area contributed by atoms with E-state index in [1.807, 2.05) is 0 Å². The first-order chi connectivity index (χ1) is 13.9. The highest BCUT2D eigenvalue weighted by Gasteiger charge is 2.31. The van der Waals surface area contributed by atoms with Crippen LogP contribution in [0.15, 0.2) is 36.1 Å². The third kappa shape index (κ3) is 3.89. The number of Topliss-reactive ketones (excluding diaryl/α,β-unsaturated/α-hetero) is 1. The molecule has 2 aromatic carbocycles. The maximum Gasteiger partial charge on any atom is 0.346 e. The zero-order valence-corrected chi connectivity index (χ0v) is 16.9. The van der Waals surface area contributed by atoms with E-state index in [4.69, 9.17) is 18.9 Å². The van der Waals surface area contributed by atoms with Crippen LogP contribution < -0.4 is 18.9 Å². The van der Waals surface area contributed by atoms with Crippen LogP contribution in [-0.2, 0) is 9.53 Å². The average molecular weight is 398 g/mol. The lowest BCUT2D eigenvalue weighted by Crippen LogP contribution is -2.25. The van der Waals surface area contributed by atoms with E-state index in [2.05, 4.69) is 4.74 Å². The number of ketones is 1. The molecule has 0 amide bonds. The van der Waals surface area contributed by atoms with Crippen LogP contribution in [0.2, 0.25) is 0 Å². The lowest BCUT2D eigenvalue weighted by atomic mass is 10.1. The topological polar surface area (TPSA) is 80.3 Å². The summed E-state index contributed by atoms with van der Waals surface area (Å²) in [5.41, 5.74) is 1.79. The molecule has 0 aliphatic carbocycles. The zero-order chi connectivity index (χ0) is 21.1. The molecule has 2 aromatic rings. The summed E-state index contributed by atoms with van der Waals surface area (Å²) >= 11 is 0. The van der Waals surface area contributed by atoms with Gasteiger partial charge in [0.25, 0.3) is 0 Å². The highest BCUT2D eigenvalue weighted by molar-refractivity contribution is 6.15. The molecule has 0 spiro atoms. The number of rotatable bonds is 6. The first-order valence-electron chi connectivity index (χ1n) is 8.94. The quantitative estimate of drug-likeness (QED) is 0.544. The molecule has 7 heteroatoms. The number of benzene rings is 2. The molecule has 1 aliphatic heterocycles. The predicted molar refractivity (Wildman–Crippen MR) is 106 cm³/mol. The molecule has 1 heterocycles. The fourth-order valence-electron chi connectivity index (χ4n) is 2.99. The molecule has 0 N–H and O–H groups in total. The Balaban J connectivity index is 1.90. The van der Waals surface area contributed by atoms with Gasteiger partial charge in [-0.1, -0.05) is 6.07 Å². The number of methoxy groups -OCH3 is 3. The molecular formula is C22H22O7. The van der Waals surface area contributed by atoms with Crippen molar-refractivity contribution in [2.45, 2.75) is 20.0 Å². The van der Waals surface area contributed by atoms with E-state index in [0.717, 1.165) is 5.56 Å². The second kappa shape index (κ2) is 8.26. The maximum absolute atomic E-state index is 12.8. The van der Waals surface area contributed by atoms with Gasteiger partial charge in [0.2, 0.25) is 5.78 Å². The zero-order valence-electron chi connectivity index (χ0n) is 16.9. The fraction of sp³-hybridized carbons (Fsp3) is 0.273. The Kier molecular flexibility index (Phi) is 5.77. The van der Waals surface area contributed by atoms with Crippen LogP contribution in [0.5, 0.6) is 23.0 Å². The van der Waals surface area contributed by atoms with Gasteiger partial charge in [-0.25, -0.2) is 4.79 Å². The van der Waals surface area contributed by atoms with Gasteiger partial charge in [0.05, 0.1) is 26.9 Å². The standard InChI is InChI=1S/C22H22O7/c1-12-16(28-13(2)22(24)27-5)9-7-15-20(23)19(29-21(12)15)11-14-6-8-17(25-3)18(10-14)26-4/h6-11,13H,1-5H3/t13-/m0/s1. The van der Waals surface area contributed by atoms with Crippen molar-refractivity contribution in [1.29, 1.82) is 0 Å². The lowest BCUT2D eigenvalue weighted by Gasteiger charge is -2.15. The van der Waals surface area contributed by atoms with Crippen LogP contribution >= 0.6 is 0 Å². The van der Waals surface area contributed by atoms with Gasteiger partial charge in [0, 0.05) is 5.56 Å². The van der Waals surface area contributed by atoms with Crippen LogP contribution in [0.1, 0.15) is 28.4 Å². The molecule has 0 radical (unpaired) electrons. The maximum atomic E-state index is 12.8. The molecule has 7 nitrogen and oxygen atoms in total. The average Bonchev–Trinajstić information content (AvgIpc) is 3.05. The molecule has 0 aromatic heterocycles. The van der Waals surface area contributed by atoms with Crippen LogP contribution in [0, 0.1) is 6.92 Å². The van der Waals surface area contributed by atoms with Gasteiger partial charge in [-0.3, -0.25) is 4.79 Å². The van der Waals surface area contributed by atoms with Crippen LogP contribution in [0.25, 0.3) is 6.08 Å². The molecule has 3 rings (SSSR count). The molecule has 0 saturated carbocycles. The molecule has 0 fully saturated rings. The molecule has 0 saturated heterocycles. The van der Waals surface area contributed by atoms with E-state index in [1.54, 1.807) is 64.5 Å². The van der Waals surface area contributed by atoms with E-state index in [1.165, 1.54) is 7.11 Å². The monoisotopic (exact) mass is 398 g/mol. The first kappa shape index (κ1) is 20.3. The van der Waals surface area contributed by atoms with Crippen molar-refractivity contribution in [2.24, 2.45) is 0 Å². The number of fused-ring (bicyclic) bond motifs is 1. The molecular weight excluding hydrogens is 376 g/mol. The Labute approximate surface area is 168 Å².